The van der Waals surface area contributed by atoms with Crippen LogP contribution in [0.4, 0.5) is 0 Å². The quantitative estimate of drug-likeness (QED) is 0.677. The number of likely N-dealkylation sites (tertiary alicyclic amines) is 1. The molecular weight excluding hydrogens is 162 g/mol. The predicted molar refractivity (Wildman–Crippen MR) is 52.6 cm³/mol. The van der Waals surface area contributed by atoms with Crippen molar-refractivity contribution in [3.05, 3.63) is 18.2 Å². The summed E-state index contributed by atoms with van der Waals surface area (Å²) in [5.41, 5.74) is 0. The van der Waals surface area contributed by atoms with Crippen molar-refractivity contribution in [1.29, 1.82) is 0 Å². The third-order valence-electron chi connectivity index (χ3n) is 3.01. The van der Waals surface area contributed by atoms with E-state index in [2.05, 4.69) is 28.5 Å². The Bertz CT molecular complexity index is 279. The standard InChI is InChI=1S/C10H17N3/c1-12-6-3-4-9(12)8-10-11-5-7-13(10)2/h5,7,9H,3-4,6,8H2,1-2H3. The van der Waals surface area contributed by atoms with Gasteiger partial charge >= 0.3 is 0 Å². The molecule has 0 aliphatic carbocycles. The molecule has 13 heavy (non-hydrogen) atoms. The fourth-order valence-corrected chi connectivity index (χ4v) is 2.04. The molecule has 1 aromatic rings. The van der Waals surface area contributed by atoms with Crippen molar-refractivity contribution < 1.29 is 0 Å². The summed E-state index contributed by atoms with van der Waals surface area (Å²) in [7, 11) is 4.28. The largest absolute Gasteiger partial charge is 0.338 e. The number of aromatic nitrogens is 2. The van der Waals surface area contributed by atoms with Crippen LogP contribution >= 0.6 is 0 Å². The highest BCUT2D eigenvalue weighted by atomic mass is 15.2. The van der Waals surface area contributed by atoms with Crippen molar-refractivity contribution in [2.75, 3.05) is 13.6 Å². The van der Waals surface area contributed by atoms with Gasteiger partial charge in [-0.1, -0.05) is 0 Å². The first-order chi connectivity index (χ1) is 6.27. The minimum atomic E-state index is 0.709. The summed E-state index contributed by atoms with van der Waals surface area (Å²) in [6, 6.07) is 0.709. The monoisotopic (exact) mass is 179 g/mol. The van der Waals surface area contributed by atoms with E-state index in [-0.39, 0.29) is 0 Å². The molecule has 3 nitrogen and oxygen atoms in total. The number of imidazole rings is 1. The molecule has 0 amide bonds. The van der Waals surface area contributed by atoms with Crippen LogP contribution in [-0.4, -0.2) is 34.1 Å². The molecular formula is C10H17N3. The van der Waals surface area contributed by atoms with Gasteiger partial charge in [0.05, 0.1) is 0 Å². The summed E-state index contributed by atoms with van der Waals surface area (Å²) in [6.07, 6.45) is 7.66. The summed E-state index contributed by atoms with van der Waals surface area (Å²) >= 11 is 0. The summed E-state index contributed by atoms with van der Waals surface area (Å²) in [6.45, 7) is 1.25. The average molecular weight is 179 g/mol. The number of hydrogen-bond donors (Lipinski definition) is 0. The van der Waals surface area contributed by atoms with Crippen LogP contribution in [0.15, 0.2) is 12.4 Å². The predicted octanol–water partition coefficient (Wildman–Crippen LogP) is 1.06. The summed E-state index contributed by atoms with van der Waals surface area (Å²) < 4.78 is 2.12. The topological polar surface area (TPSA) is 21.1 Å². The minimum Gasteiger partial charge on any atom is -0.338 e. The van der Waals surface area contributed by atoms with E-state index in [0.29, 0.717) is 6.04 Å². The lowest BCUT2D eigenvalue weighted by atomic mass is 10.1. The fourth-order valence-electron chi connectivity index (χ4n) is 2.04. The third-order valence-corrected chi connectivity index (χ3v) is 3.01. The maximum absolute atomic E-state index is 4.35. The zero-order chi connectivity index (χ0) is 9.26. The number of hydrogen-bond acceptors (Lipinski definition) is 2. The van der Waals surface area contributed by atoms with Gasteiger partial charge in [-0.05, 0) is 26.4 Å². The number of likely N-dealkylation sites (N-methyl/N-ethyl adjacent to an activating group) is 1. The van der Waals surface area contributed by atoms with E-state index in [1.54, 1.807) is 0 Å². The second-order valence-corrected chi connectivity index (χ2v) is 3.94. The van der Waals surface area contributed by atoms with Gasteiger partial charge in [-0.3, -0.25) is 0 Å². The smallest absolute Gasteiger partial charge is 0.109 e. The van der Waals surface area contributed by atoms with Gasteiger partial charge in [-0.25, -0.2) is 4.98 Å². The Balaban J connectivity index is 2.01. The fraction of sp³-hybridized carbons (Fsp3) is 0.700. The van der Waals surface area contributed by atoms with E-state index in [4.69, 9.17) is 0 Å². The highest BCUT2D eigenvalue weighted by Crippen LogP contribution is 2.17. The second-order valence-electron chi connectivity index (χ2n) is 3.94. The van der Waals surface area contributed by atoms with Gasteiger partial charge in [0.15, 0.2) is 0 Å². The molecule has 1 aliphatic heterocycles. The first-order valence-corrected chi connectivity index (χ1v) is 4.94. The van der Waals surface area contributed by atoms with Crippen LogP contribution in [0.2, 0.25) is 0 Å². The molecule has 0 N–H and O–H groups in total. The van der Waals surface area contributed by atoms with E-state index >= 15 is 0 Å². The molecule has 1 atom stereocenters. The molecule has 72 valence electrons. The molecule has 3 heteroatoms. The number of rotatable bonds is 2. The van der Waals surface area contributed by atoms with Crippen molar-refractivity contribution in [2.24, 2.45) is 7.05 Å². The number of nitrogens with zero attached hydrogens (tertiary/aromatic N) is 3. The molecule has 0 bridgehead atoms. The molecule has 0 saturated carbocycles. The Morgan fingerprint density at radius 1 is 1.54 bits per heavy atom. The van der Waals surface area contributed by atoms with Crippen LogP contribution in [0.1, 0.15) is 18.7 Å². The lowest BCUT2D eigenvalue weighted by molar-refractivity contribution is 0.304. The molecule has 1 unspecified atom stereocenters. The molecule has 1 fully saturated rings. The van der Waals surface area contributed by atoms with E-state index < -0.39 is 0 Å². The molecule has 1 aromatic heterocycles. The molecule has 0 aromatic carbocycles. The molecule has 1 saturated heterocycles. The van der Waals surface area contributed by atoms with Crippen LogP contribution in [0, 0.1) is 0 Å². The van der Waals surface area contributed by atoms with Gasteiger partial charge in [0, 0.05) is 31.9 Å². The normalized spacial score (nSPS) is 24.0. The van der Waals surface area contributed by atoms with Crippen LogP contribution in [-0.2, 0) is 13.5 Å². The van der Waals surface area contributed by atoms with Crippen molar-refractivity contribution >= 4 is 0 Å². The van der Waals surface area contributed by atoms with Gasteiger partial charge in [-0.2, -0.15) is 0 Å². The van der Waals surface area contributed by atoms with Crippen molar-refractivity contribution in [3.63, 3.8) is 0 Å². The second kappa shape index (κ2) is 3.50. The maximum atomic E-state index is 4.35. The maximum Gasteiger partial charge on any atom is 0.109 e. The van der Waals surface area contributed by atoms with Crippen LogP contribution < -0.4 is 0 Å². The van der Waals surface area contributed by atoms with E-state index in [0.717, 1.165) is 6.42 Å². The molecule has 0 spiro atoms. The van der Waals surface area contributed by atoms with Gasteiger partial charge in [0.2, 0.25) is 0 Å². The summed E-state index contributed by atoms with van der Waals surface area (Å²) in [5, 5.41) is 0. The zero-order valence-corrected chi connectivity index (χ0v) is 8.40. The zero-order valence-electron chi connectivity index (χ0n) is 8.40. The molecule has 1 aliphatic rings. The van der Waals surface area contributed by atoms with Crippen LogP contribution in [0.25, 0.3) is 0 Å². The van der Waals surface area contributed by atoms with Crippen LogP contribution in [0.5, 0.6) is 0 Å². The average Bonchev–Trinajstić information content (AvgIpc) is 2.65. The van der Waals surface area contributed by atoms with Crippen molar-refractivity contribution in [2.45, 2.75) is 25.3 Å². The van der Waals surface area contributed by atoms with Gasteiger partial charge in [-0.15, -0.1) is 0 Å². The minimum absolute atomic E-state index is 0.709. The highest BCUT2D eigenvalue weighted by molar-refractivity contribution is 4.96. The van der Waals surface area contributed by atoms with E-state index in [1.165, 1.54) is 25.2 Å². The van der Waals surface area contributed by atoms with E-state index in [1.807, 2.05) is 12.4 Å². The Labute approximate surface area is 79.4 Å². The van der Waals surface area contributed by atoms with Gasteiger partial charge < -0.3 is 9.47 Å². The Hall–Kier alpha value is -0.830. The molecule has 0 radical (unpaired) electrons. The molecule has 2 heterocycles. The van der Waals surface area contributed by atoms with E-state index in [9.17, 15) is 0 Å². The Morgan fingerprint density at radius 3 is 2.92 bits per heavy atom. The van der Waals surface area contributed by atoms with Crippen LogP contribution in [0.3, 0.4) is 0 Å². The van der Waals surface area contributed by atoms with Crippen molar-refractivity contribution in [1.82, 2.24) is 14.5 Å². The molecule has 2 rings (SSSR count). The lowest BCUT2D eigenvalue weighted by Gasteiger charge is -2.18. The highest BCUT2D eigenvalue weighted by Gasteiger charge is 2.22. The first kappa shape index (κ1) is 8.75. The first-order valence-electron chi connectivity index (χ1n) is 4.94. The third kappa shape index (κ3) is 1.75. The Kier molecular flexibility index (Phi) is 2.36. The SMILES string of the molecule is CN1CCCC1Cc1nccn1C. The van der Waals surface area contributed by atoms with Gasteiger partial charge in [0.25, 0.3) is 0 Å². The summed E-state index contributed by atoms with van der Waals surface area (Å²) in [4.78, 5) is 6.79. The lowest BCUT2D eigenvalue weighted by Crippen LogP contribution is -2.27. The van der Waals surface area contributed by atoms with Crippen molar-refractivity contribution in [3.8, 4) is 0 Å². The number of aryl methyl sites for hydroxylation is 1. The Morgan fingerprint density at radius 2 is 2.38 bits per heavy atom. The van der Waals surface area contributed by atoms with Gasteiger partial charge in [0.1, 0.15) is 5.82 Å². The summed E-state index contributed by atoms with van der Waals surface area (Å²) in [5.74, 6) is 1.21.